The first kappa shape index (κ1) is 25.1. The van der Waals surface area contributed by atoms with E-state index in [0.29, 0.717) is 35.9 Å². The van der Waals surface area contributed by atoms with Gasteiger partial charge in [0.05, 0.1) is 12.3 Å². The van der Waals surface area contributed by atoms with Gasteiger partial charge in [-0.15, -0.1) is 11.3 Å². The van der Waals surface area contributed by atoms with Crippen molar-refractivity contribution in [2.24, 2.45) is 5.41 Å². The molecule has 0 unspecified atom stereocenters. The van der Waals surface area contributed by atoms with Crippen LogP contribution in [0.15, 0.2) is 53.9 Å². The van der Waals surface area contributed by atoms with Crippen LogP contribution in [0.2, 0.25) is 0 Å². The van der Waals surface area contributed by atoms with E-state index in [1.807, 2.05) is 50.4 Å². The number of rotatable bonds is 9. The van der Waals surface area contributed by atoms with Gasteiger partial charge in [-0.1, -0.05) is 32.9 Å². The van der Waals surface area contributed by atoms with Gasteiger partial charge < -0.3 is 15.4 Å². The Morgan fingerprint density at radius 3 is 2.26 bits per heavy atom. The summed E-state index contributed by atoms with van der Waals surface area (Å²) < 4.78 is 5.62. The monoisotopic (exact) mass is 479 g/mol. The van der Waals surface area contributed by atoms with E-state index in [9.17, 15) is 14.4 Å². The summed E-state index contributed by atoms with van der Waals surface area (Å²) in [6.07, 6.45) is 0.864. The molecule has 3 rings (SSSR count). The standard InChI is InChI=1S/C26H29N3O4S/c1-17(30)18-9-13-21(14-10-18)33-15-5-6-23(31)29-25-28-22(16-34-25)19-7-11-20(12-8-19)27-24(32)26(2,3)4/h7-14,16H,5-6,15H2,1-4H3,(H,27,32)(H,28,29,31). The SMILES string of the molecule is CC(=O)c1ccc(OCCCC(=O)Nc2nc(-c3ccc(NC(=O)C(C)(C)C)cc3)cs2)cc1. The molecular formula is C26H29N3O4S. The van der Waals surface area contributed by atoms with Crippen LogP contribution in [0.1, 0.15) is 50.9 Å². The number of hydrogen-bond donors (Lipinski definition) is 2. The lowest BCUT2D eigenvalue weighted by Gasteiger charge is -2.17. The summed E-state index contributed by atoms with van der Waals surface area (Å²) in [5, 5.41) is 8.13. The molecule has 0 aliphatic rings. The summed E-state index contributed by atoms with van der Waals surface area (Å²) in [6.45, 7) is 7.51. The van der Waals surface area contributed by atoms with E-state index in [2.05, 4.69) is 15.6 Å². The second-order valence-electron chi connectivity index (χ2n) is 8.90. The highest BCUT2D eigenvalue weighted by atomic mass is 32.1. The largest absolute Gasteiger partial charge is 0.494 e. The minimum atomic E-state index is -0.464. The number of anilines is 2. The van der Waals surface area contributed by atoms with Gasteiger partial charge in [0, 0.05) is 34.0 Å². The Bertz CT molecular complexity index is 1150. The van der Waals surface area contributed by atoms with Crippen LogP contribution in [-0.2, 0) is 9.59 Å². The number of carbonyl (C=O) groups excluding carboxylic acids is 3. The fraction of sp³-hybridized carbons (Fsp3) is 0.308. The molecule has 0 saturated heterocycles. The van der Waals surface area contributed by atoms with E-state index in [1.165, 1.54) is 18.3 Å². The van der Waals surface area contributed by atoms with Crippen LogP contribution >= 0.6 is 11.3 Å². The molecule has 0 aliphatic carbocycles. The van der Waals surface area contributed by atoms with Crippen molar-refractivity contribution in [3.63, 3.8) is 0 Å². The number of amides is 2. The zero-order valence-corrected chi connectivity index (χ0v) is 20.6. The van der Waals surface area contributed by atoms with E-state index < -0.39 is 5.41 Å². The van der Waals surface area contributed by atoms with Gasteiger partial charge in [-0.2, -0.15) is 0 Å². The number of nitrogens with zero attached hydrogens (tertiary/aromatic N) is 1. The highest BCUT2D eigenvalue weighted by Gasteiger charge is 2.21. The molecule has 0 atom stereocenters. The first-order chi connectivity index (χ1) is 16.1. The molecule has 7 nitrogen and oxygen atoms in total. The van der Waals surface area contributed by atoms with Crippen LogP contribution in [0.3, 0.4) is 0 Å². The Kier molecular flexibility index (Phi) is 8.17. The number of benzene rings is 2. The molecule has 0 radical (unpaired) electrons. The number of hydrogen-bond acceptors (Lipinski definition) is 6. The summed E-state index contributed by atoms with van der Waals surface area (Å²) in [5.74, 6) is 0.501. The molecule has 0 spiro atoms. The Hall–Kier alpha value is -3.52. The number of aromatic nitrogens is 1. The van der Waals surface area contributed by atoms with E-state index in [1.54, 1.807) is 24.3 Å². The third kappa shape index (κ3) is 7.25. The smallest absolute Gasteiger partial charge is 0.229 e. The average molecular weight is 480 g/mol. The molecule has 0 fully saturated rings. The van der Waals surface area contributed by atoms with Gasteiger partial charge in [0.15, 0.2) is 10.9 Å². The molecule has 2 amide bonds. The molecule has 1 aromatic heterocycles. The summed E-state index contributed by atoms with van der Waals surface area (Å²) in [4.78, 5) is 40.1. The highest BCUT2D eigenvalue weighted by Crippen LogP contribution is 2.27. The Balaban J connectivity index is 1.44. The first-order valence-electron chi connectivity index (χ1n) is 11.0. The Morgan fingerprint density at radius 2 is 1.65 bits per heavy atom. The second-order valence-corrected chi connectivity index (χ2v) is 9.76. The van der Waals surface area contributed by atoms with Gasteiger partial charge >= 0.3 is 0 Å². The van der Waals surface area contributed by atoms with Gasteiger partial charge in [0.25, 0.3) is 0 Å². The number of ether oxygens (including phenoxy) is 1. The maximum atomic E-state index is 12.2. The summed E-state index contributed by atoms with van der Waals surface area (Å²) in [7, 11) is 0. The van der Waals surface area contributed by atoms with Gasteiger partial charge in [-0.05, 0) is 49.7 Å². The molecule has 34 heavy (non-hydrogen) atoms. The molecule has 2 aromatic carbocycles. The molecule has 8 heteroatoms. The Morgan fingerprint density at radius 1 is 0.971 bits per heavy atom. The molecule has 0 bridgehead atoms. The van der Waals surface area contributed by atoms with E-state index in [0.717, 1.165) is 16.9 Å². The lowest BCUT2D eigenvalue weighted by molar-refractivity contribution is -0.123. The zero-order valence-electron chi connectivity index (χ0n) is 19.8. The lowest BCUT2D eigenvalue weighted by Crippen LogP contribution is -2.27. The predicted octanol–water partition coefficient (Wildman–Crippen LogP) is 5.80. The maximum absolute atomic E-state index is 12.2. The van der Waals surface area contributed by atoms with E-state index in [4.69, 9.17) is 4.74 Å². The average Bonchev–Trinajstić information content (AvgIpc) is 3.25. The molecule has 1 heterocycles. The minimum Gasteiger partial charge on any atom is -0.494 e. The number of thiazole rings is 1. The first-order valence-corrected chi connectivity index (χ1v) is 11.9. The van der Waals surface area contributed by atoms with Crippen LogP contribution in [0.25, 0.3) is 11.3 Å². The second kappa shape index (κ2) is 11.1. The normalized spacial score (nSPS) is 11.1. The number of ketones is 1. The van der Waals surface area contributed by atoms with Crippen molar-refractivity contribution in [3.05, 3.63) is 59.5 Å². The van der Waals surface area contributed by atoms with Gasteiger partial charge in [-0.25, -0.2) is 4.98 Å². The van der Waals surface area contributed by atoms with E-state index >= 15 is 0 Å². The van der Waals surface area contributed by atoms with Crippen molar-refractivity contribution in [1.29, 1.82) is 0 Å². The summed E-state index contributed by atoms with van der Waals surface area (Å²) >= 11 is 1.36. The third-order valence-electron chi connectivity index (χ3n) is 4.95. The predicted molar refractivity (Wildman–Crippen MR) is 135 cm³/mol. The molecule has 3 aromatic rings. The molecule has 0 saturated carbocycles. The maximum Gasteiger partial charge on any atom is 0.229 e. The minimum absolute atomic E-state index is 0.00942. The number of nitrogens with one attached hydrogen (secondary N) is 2. The van der Waals surface area contributed by atoms with Crippen LogP contribution < -0.4 is 15.4 Å². The fourth-order valence-corrected chi connectivity index (χ4v) is 3.63. The van der Waals surface area contributed by atoms with Crippen molar-refractivity contribution in [2.45, 2.75) is 40.5 Å². The van der Waals surface area contributed by atoms with Gasteiger partial charge in [0.1, 0.15) is 5.75 Å². The van der Waals surface area contributed by atoms with Crippen LogP contribution in [0.5, 0.6) is 5.75 Å². The zero-order chi connectivity index (χ0) is 24.7. The third-order valence-corrected chi connectivity index (χ3v) is 5.71. The Labute approximate surface area is 203 Å². The van der Waals surface area contributed by atoms with Crippen molar-refractivity contribution in [2.75, 3.05) is 17.2 Å². The van der Waals surface area contributed by atoms with Gasteiger partial charge in [0.2, 0.25) is 11.8 Å². The number of carbonyl (C=O) groups is 3. The summed E-state index contributed by atoms with van der Waals surface area (Å²) in [5.41, 5.74) is 2.55. The molecule has 0 aliphatic heterocycles. The summed E-state index contributed by atoms with van der Waals surface area (Å²) in [6, 6.07) is 14.4. The van der Waals surface area contributed by atoms with Crippen molar-refractivity contribution < 1.29 is 19.1 Å². The van der Waals surface area contributed by atoms with Crippen molar-refractivity contribution in [3.8, 4) is 17.0 Å². The molecule has 2 N–H and O–H groups in total. The van der Waals surface area contributed by atoms with Crippen LogP contribution in [-0.4, -0.2) is 29.2 Å². The van der Waals surface area contributed by atoms with Gasteiger partial charge in [-0.3, -0.25) is 14.4 Å². The van der Waals surface area contributed by atoms with Crippen LogP contribution in [0, 0.1) is 5.41 Å². The van der Waals surface area contributed by atoms with Crippen molar-refractivity contribution in [1.82, 2.24) is 4.98 Å². The van der Waals surface area contributed by atoms with Crippen molar-refractivity contribution >= 4 is 39.8 Å². The molecular weight excluding hydrogens is 450 g/mol. The topological polar surface area (TPSA) is 97.4 Å². The highest BCUT2D eigenvalue weighted by molar-refractivity contribution is 7.14. The molecule has 178 valence electrons. The lowest BCUT2D eigenvalue weighted by atomic mass is 9.95. The number of Topliss-reactive ketones (excluding diaryl/α,β-unsaturated/α-hetero) is 1. The van der Waals surface area contributed by atoms with Crippen LogP contribution in [0.4, 0.5) is 10.8 Å². The fourth-order valence-electron chi connectivity index (χ4n) is 2.90. The quantitative estimate of drug-likeness (QED) is 0.299. The van der Waals surface area contributed by atoms with E-state index in [-0.39, 0.29) is 17.6 Å².